The molecule has 0 N–H and O–H groups in total. The number of ether oxygens (including phenoxy) is 2. The van der Waals surface area contributed by atoms with Crippen molar-refractivity contribution in [2.45, 2.75) is 0 Å². The van der Waals surface area contributed by atoms with Gasteiger partial charge in [-0.15, -0.1) is 10.2 Å². The Balaban J connectivity index is 2.05. The van der Waals surface area contributed by atoms with Crippen LogP contribution in [0, 0.1) is 5.82 Å². The number of carbonyl (C=O) groups excluding carboxylic acids is 1. The van der Waals surface area contributed by atoms with E-state index in [9.17, 15) is 9.18 Å². The number of methoxy groups -OCH3 is 1. The smallest absolute Gasteiger partial charge is 0.340 e. The zero-order valence-electron chi connectivity index (χ0n) is 12.2. The predicted molar refractivity (Wildman–Crippen MR) is 90.1 cm³/mol. The summed E-state index contributed by atoms with van der Waals surface area (Å²) in [5, 5.41) is 9.26. The van der Waals surface area contributed by atoms with E-state index in [0.29, 0.717) is 10.8 Å². The standard InChI is InChI=1S/C16H9BrClFN2O3/c1-23-16(22)12-7-9(3-5-13(12)19)24-15-10-4-2-8(17)6-11(10)14(18)20-21-15/h2-7H,1H3. The third kappa shape index (κ3) is 3.18. The summed E-state index contributed by atoms with van der Waals surface area (Å²) in [7, 11) is 1.17. The van der Waals surface area contributed by atoms with Crippen molar-refractivity contribution in [1.82, 2.24) is 10.2 Å². The van der Waals surface area contributed by atoms with Crippen molar-refractivity contribution in [3.63, 3.8) is 0 Å². The highest BCUT2D eigenvalue weighted by Gasteiger charge is 2.15. The summed E-state index contributed by atoms with van der Waals surface area (Å²) < 4.78 is 24.7. The third-order valence-corrected chi connectivity index (χ3v) is 3.99. The highest BCUT2D eigenvalue weighted by Crippen LogP contribution is 2.33. The lowest BCUT2D eigenvalue weighted by atomic mass is 10.2. The molecule has 0 bridgehead atoms. The van der Waals surface area contributed by atoms with Crippen LogP contribution in [0.1, 0.15) is 10.4 Å². The molecular formula is C16H9BrClFN2O3. The van der Waals surface area contributed by atoms with Gasteiger partial charge in [-0.25, -0.2) is 9.18 Å². The fourth-order valence-electron chi connectivity index (χ4n) is 2.09. The van der Waals surface area contributed by atoms with E-state index in [1.54, 1.807) is 18.2 Å². The summed E-state index contributed by atoms with van der Waals surface area (Å²) in [5.41, 5.74) is -0.232. The Labute approximate surface area is 149 Å². The van der Waals surface area contributed by atoms with E-state index >= 15 is 0 Å². The first kappa shape index (κ1) is 16.6. The Hall–Kier alpha value is -2.25. The van der Waals surface area contributed by atoms with Crippen LogP contribution in [0.15, 0.2) is 40.9 Å². The van der Waals surface area contributed by atoms with Gasteiger partial charge in [0.15, 0.2) is 5.15 Å². The maximum absolute atomic E-state index is 13.7. The summed E-state index contributed by atoms with van der Waals surface area (Å²) in [6, 6.07) is 9.08. The zero-order valence-corrected chi connectivity index (χ0v) is 14.6. The van der Waals surface area contributed by atoms with Crippen molar-refractivity contribution in [3.8, 4) is 11.6 Å². The Morgan fingerprint density at radius 1 is 1.17 bits per heavy atom. The first-order chi connectivity index (χ1) is 11.5. The van der Waals surface area contributed by atoms with Crippen molar-refractivity contribution in [3.05, 3.63) is 57.4 Å². The second kappa shape index (κ2) is 6.70. The molecule has 0 spiro atoms. The van der Waals surface area contributed by atoms with Crippen molar-refractivity contribution < 1.29 is 18.7 Å². The Morgan fingerprint density at radius 2 is 1.96 bits per heavy atom. The maximum atomic E-state index is 13.7. The Morgan fingerprint density at radius 3 is 2.71 bits per heavy atom. The molecular weight excluding hydrogens is 403 g/mol. The van der Waals surface area contributed by atoms with Crippen LogP contribution < -0.4 is 4.74 Å². The van der Waals surface area contributed by atoms with Gasteiger partial charge in [0.25, 0.3) is 0 Å². The number of fused-ring (bicyclic) bond motifs is 1. The van der Waals surface area contributed by atoms with E-state index in [4.69, 9.17) is 16.3 Å². The topological polar surface area (TPSA) is 61.3 Å². The molecule has 8 heteroatoms. The predicted octanol–water partition coefficient (Wildman–Crippen LogP) is 4.76. The summed E-state index contributed by atoms with van der Waals surface area (Å²) in [5.74, 6) is -1.10. The number of rotatable bonds is 3. The SMILES string of the molecule is COC(=O)c1cc(Oc2nnc(Cl)c3cc(Br)ccc23)ccc1F. The molecule has 3 aromatic rings. The van der Waals surface area contributed by atoms with E-state index in [-0.39, 0.29) is 22.3 Å². The number of hydrogen-bond donors (Lipinski definition) is 0. The second-order valence-corrected chi connectivity index (χ2v) is 5.99. The van der Waals surface area contributed by atoms with Gasteiger partial charge in [0, 0.05) is 15.2 Å². The molecule has 24 heavy (non-hydrogen) atoms. The molecule has 0 aliphatic rings. The van der Waals surface area contributed by atoms with E-state index in [2.05, 4.69) is 30.9 Å². The van der Waals surface area contributed by atoms with Gasteiger partial charge >= 0.3 is 5.97 Å². The lowest BCUT2D eigenvalue weighted by Gasteiger charge is -2.09. The number of aromatic nitrogens is 2. The summed E-state index contributed by atoms with van der Waals surface area (Å²) >= 11 is 9.41. The van der Waals surface area contributed by atoms with Gasteiger partial charge in [0.05, 0.1) is 12.7 Å². The Kier molecular flexibility index (Phi) is 4.64. The lowest BCUT2D eigenvalue weighted by molar-refractivity contribution is 0.0595. The first-order valence-electron chi connectivity index (χ1n) is 6.66. The second-order valence-electron chi connectivity index (χ2n) is 4.72. The van der Waals surface area contributed by atoms with Crippen LogP contribution >= 0.6 is 27.5 Å². The number of hydrogen-bond acceptors (Lipinski definition) is 5. The minimum Gasteiger partial charge on any atom is -0.465 e. The number of nitrogens with zero attached hydrogens (tertiary/aromatic N) is 2. The molecule has 0 unspecified atom stereocenters. The quantitative estimate of drug-likeness (QED) is 0.581. The number of carbonyl (C=O) groups is 1. The summed E-state index contributed by atoms with van der Waals surface area (Å²) in [6.45, 7) is 0. The van der Waals surface area contributed by atoms with Gasteiger partial charge in [-0.1, -0.05) is 27.5 Å². The van der Waals surface area contributed by atoms with Crippen molar-refractivity contribution >= 4 is 44.3 Å². The van der Waals surface area contributed by atoms with Crippen LogP contribution in [0.3, 0.4) is 0 Å². The van der Waals surface area contributed by atoms with Gasteiger partial charge in [-0.05, 0) is 36.4 Å². The van der Waals surface area contributed by atoms with Crippen LogP contribution in [-0.4, -0.2) is 23.3 Å². The summed E-state index contributed by atoms with van der Waals surface area (Å²) in [6.07, 6.45) is 0. The molecule has 0 aliphatic heterocycles. The van der Waals surface area contributed by atoms with Gasteiger partial charge in [-0.3, -0.25) is 0 Å². The molecule has 2 aromatic carbocycles. The van der Waals surface area contributed by atoms with Crippen molar-refractivity contribution in [1.29, 1.82) is 0 Å². The summed E-state index contributed by atoms with van der Waals surface area (Å²) in [4.78, 5) is 11.6. The molecule has 0 aliphatic carbocycles. The minimum atomic E-state index is -0.797. The highest BCUT2D eigenvalue weighted by molar-refractivity contribution is 9.10. The van der Waals surface area contributed by atoms with E-state index in [0.717, 1.165) is 10.5 Å². The zero-order chi connectivity index (χ0) is 17.3. The van der Waals surface area contributed by atoms with Crippen LogP contribution in [-0.2, 0) is 4.74 Å². The third-order valence-electron chi connectivity index (χ3n) is 3.22. The molecule has 0 amide bonds. The van der Waals surface area contributed by atoms with Crippen molar-refractivity contribution in [2.24, 2.45) is 0 Å². The van der Waals surface area contributed by atoms with Crippen LogP contribution in [0.2, 0.25) is 5.15 Å². The van der Waals surface area contributed by atoms with Gasteiger partial charge in [0.2, 0.25) is 5.88 Å². The van der Waals surface area contributed by atoms with Gasteiger partial charge in [0.1, 0.15) is 11.6 Å². The lowest BCUT2D eigenvalue weighted by Crippen LogP contribution is -2.04. The van der Waals surface area contributed by atoms with Gasteiger partial charge in [-0.2, -0.15) is 0 Å². The van der Waals surface area contributed by atoms with Crippen molar-refractivity contribution in [2.75, 3.05) is 7.11 Å². The van der Waals surface area contributed by atoms with Crippen LogP contribution in [0.4, 0.5) is 4.39 Å². The molecule has 1 heterocycles. The average Bonchev–Trinajstić information content (AvgIpc) is 2.58. The molecule has 122 valence electrons. The number of benzene rings is 2. The molecule has 0 atom stereocenters. The van der Waals surface area contributed by atoms with E-state index in [1.807, 2.05) is 0 Å². The molecule has 1 aromatic heterocycles. The fraction of sp³-hybridized carbons (Fsp3) is 0.0625. The molecule has 5 nitrogen and oxygen atoms in total. The first-order valence-corrected chi connectivity index (χ1v) is 7.84. The van der Waals surface area contributed by atoms with Crippen LogP contribution in [0.5, 0.6) is 11.6 Å². The molecule has 3 rings (SSSR count). The normalized spacial score (nSPS) is 10.7. The molecule has 0 fully saturated rings. The van der Waals surface area contributed by atoms with E-state index < -0.39 is 11.8 Å². The fourth-order valence-corrected chi connectivity index (χ4v) is 2.65. The monoisotopic (exact) mass is 410 g/mol. The maximum Gasteiger partial charge on any atom is 0.340 e. The van der Waals surface area contributed by atoms with Gasteiger partial charge < -0.3 is 9.47 Å². The van der Waals surface area contributed by atoms with Crippen LogP contribution in [0.25, 0.3) is 10.8 Å². The number of esters is 1. The minimum absolute atomic E-state index is 0.185. The molecule has 0 saturated heterocycles. The Bertz CT molecular complexity index is 952. The molecule has 0 saturated carbocycles. The number of halogens is 3. The van der Waals surface area contributed by atoms with E-state index in [1.165, 1.54) is 19.2 Å². The largest absolute Gasteiger partial charge is 0.465 e. The average molecular weight is 412 g/mol. The highest BCUT2D eigenvalue weighted by atomic mass is 79.9. The molecule has 0 radical (unpaired) electrons.